The van der Waals surface area contributed by atoms with E-state index in [4.69, 9.17) is 5.73 Å². The maximum absolute atomic E-state index is 13.0. The van der Waals surface area contributed by atoms with Crippen LogP contribution in [-0.2, 0) is 7.05 Å². The number of halogens is 1. The second-order valence-electron chi connectivity index (χ2n) is 5.96. The number of nitrogens with zero attached hydrogens (tertiary/aromatic N) is 4. The Morgan fingerprint density at radius 1 is 1.14 bits per heavy atom. The molecule has 0 aliphatic heterocycles. The molecule has 0 fully saturated rings. The lowest BCUT2D eigenvalue weighted by Crippen LogP contribution is -2.24. The Morgan fingerprint density at radius 2 is 1.75 bits per heavy atom. The molecule has 3 aromatic rings. The lowest BCUT2D eigenvalue weighted by Gasteiger charge is -2.12. The van der Waals surface area contributed by atoms with Crippen molar-refractivity contribution in [1.29, 1.82) is 0 Å². The Morgan fingerprint density at radius 3 is 2.36 bits per heavy atom. The van der Waals surface area contributed by atoms with E-state index < -0.39 is 5.69 Å². The smallest absolute Gasteiger partial charge is 0.350 e. The van der Waals surface area contributed by atoms with Crippen LogP contribution in [0.3, 0.4) is 0 Å². The summed E-state index contributed by atoms with van der Waals surface area (Å²) in [6.07, 6.45) is 1.65. The summed E-state index contributed by atoms with van der Waals surface area (Å²) >= 11 is 0. The molecule has 0 aliphatic carbocycles. The van der Waals surface area contributed by atoms with Gasteiger partial charge in [0.1, 0.15) is 11.6 Å². The number of benzene rings is 2. The van der Waals surface area contributed by atoms with Gasteiger partial charge >= 0.3 is 5.69 Å². The molecule has 0 amide bonds. The van der Waals surface area contributed by atoms with Gasteiger partial charge < -0.3 is 11.1 Å². The van der Waals surface area contributed by atoms with Gasteiger partial charge in [-0.05, 0) is 35.4 Å². The molecule has 2 aromatic carbocycles. The van der Waals surface area contributed by atoms with E-state index in [-0.39, 0.29) is 17.3 Å². The zero-order chi connectivity index (χ0) is 20.1. The molecule has 0 bridgehead atoms. The maximum Gasteiger partial charge on any atom is 0.350 e. The predicted octanol–water partition coefficient (Wildman–Crippen LogP) is 4.18. The minimum absolute atomic E-state index is 0.0126. The number of aromatic nitrogens is 2. The molecule has 1 aromatic heterocycles. The summed E-state index contributed by atoms with van der Waals surface area (Å²) in [5.74, 6) is 0.115. The van der Waals surface area contributed by atoms with E-state index in [1.54, 1.807) is 37.4 Å². The number of hydrogen-bond acceptors (Lipinski definition) is 6. The Bertz CT molecular complexity index is 1070. The van der Waals surface area contributed by atoms with Gasteiger partial charge in [-0.3, -0.25) is 4.57 Å². The van der Waals surface area contributed by atoms with E-state index in [2.05, 4.69) is 27.1 Å². The van der Waals surface area contributed by atoms with Crippen LogP contribution in [0.15, 0.2) is 76.2 Å². The van der Waals surface area contributed by atoms with Gasteiger partial charge in [0.25, 0.3) is 0 Å². The standard InChI is InChI=1S/C20H19FN6O/c1-3-12-23-19-17(18(22)24-20(28)27(19)2)26-25-16-10-6-14(7-11-16)13-4-8-15(21)9-5-13/h3-11,23H,1,12H2,2H3,(H2,22,24,28). The topological polar surface area (TPSA) is 97.7 Å². The van der Waals surface area contributed by atoms with Crippen molar-refractivity contribution in [3.05, 3.63) is 77.5 Å². The molecule has 7 nitrogen and oxygen atoms in total. The molecule has 3 N–H and O–H groups in total. The van der Waals surface area contributed by atoms with Gasteiger partial charge in [0.05, 0.1) is 5.69 Å². The lowest BCUT2D eigenvalue weighted by atomic mass is 10.1. The maximum atomic E-state index is 13.0. The van der Waals surface area contributed by atoms with Crippen molar-refractivity contribution < 1.29 is 4.39 Å². The minimum Gasteiger partial charge on any atom is -0.382 e. The molecule has 0 unspecified atom stereocenters. The van der Waals surface area contributed by atoms with Crippen LogP contribution >= 0.6 is 0 Å². The number of azo groups is 1. The average Bonchev–Trinajstić information content (AvgIpc) is 2.70. The van der Waals surface area contributed by atoms with Gasteiger partial charge in [-0.25, -0.2) is 9.18 Å². The van der Waals surface area contributed by atoms with Crippen molar-refractivity contribution in [1.82, 2.24) is 9.55 Å². The first kappa shape index (κ1) is 19.0. The van der Waals surface area contributed by atoms with E-state index in [0.717, 1.165) is 11.1 Å². The molecule has 8 heteroatoms. The third kappa shape index (κ3) is 4.12. The number of rotatable bonds is 6. The number of nitrogens with one attached hydrogen (secondary N) is 1. The van der Waals surface area contributed by atoms with Gasteiger partial charge in [-0.15, -0.1) is 11.7 Å². The highest BCUT2D eigenvalue weighted by Gasteiger charge is 2.13. The first-order valence-electron chi connectivity index (χ1n) is 8.48. The monoisotopic (exact) mass is 378 g/mol. The third-order valence-electron chi connectivity index (χ3n) is 4.03. The Balaban J connectivity index is 1.89. The molecule has 0 spiro atoms. The van der Waals surface area contributed by atoms with Crippen molar-refractivity contribution in [3.8, 4) is 11.1 Å². The number of nitrogens with two attached hydrogens (primary N) is 1. The minimum atomic E-state index is -0.494. The van der Waals surface area contributed by atoms with E-state index in [0.29, 0.717) is 18.1 Å². The summed E-state index contributed by atoms with van der Waals surface area (Å²) < 4.78 is 14.4. The van der Waals surface area contributed by atoms with Crippen molar-refractivity contribution in [2.75, 3.05) is 17.6 Å². The van der Waals surface area contributed by atoms with Gasteiger partial charge in [0.2, 0.25) is 0 Å². The lowest BCUT2D eigenvalue weighted by molar-refractivity contribution is 0.628. The predicted molar refractivity (Wildman–Crippen MR) is 109 cm³/mol. The summed E-state index contributed by atoms with van der Waals surface area (Å²) in [6.45, 7) is 4.06. The SMILES string of the molecule is C=CCNc1c(N=Nc2ccc(-c3ccc(F)cc3)cc2)c(N)nc(=O)n1C. The summed E-state index contributed by atoms with van der Waals surface area (Å²) in [4.78, 5) is 15.6. The normalized spacial score (nSPS) is 10.9. The molecule has 0 radical (unpaired) electrons. The second-order valence-corrected chi connectivity index (χ2v) is 5.96. The highest BCUT2D eigenvalue weighted by atomic mass is 19.1. The van der Waals surface area contributed by atoms with Gasteiger partial charge in [-0.2, -0.15) is 10.1 Å². The van der Waals surface area contributed by atoms with Crippen LogP contribution in [0, 0.1) is 5.82 Å². The quantitative estimate of drug-likeness (QED) is 0.496. The number of nitrogen functional groups attached to an aromatic ring is 1. The zero-order valence-electron chi connectivity index (χ0n) is 15.3. The Kier molecular flexibility index (Phi) is 5.59. The first-order chi connectivity index (χ1) is 13.5. The van der Waals surface area contributed by atoms with Crippen molar-refractivity contribution in [3.63, 3.8) is 0 Å². The highest BCUT2D eigenvalue weighted by Crippen LogP contribution is 2.30. The van der Waals surface area contributed by atoms with Crippen LogP contribution in [0.25, 0.3) is 11.1 Å². The molecule has 0 saturated carbocycles. The Labute approximate surface area is 161 Å². The van der Waals surface area contributed by atoms with Crippen LogP contribution < -0.4 is 16.7 Å². The summed E-state index contributed by atoms with van der Waals surface area (Å²) in [5, 5.41) is 11.4. The van der Waals surface area contributed by atoms with Crippen LogP contribution in [0.5, 0.6) is 0 Å². The molecule has 142 valence electrons. The van der Waals surface area contributed by atoms with Crippen molar-refractivity contribution in [2.45, 2.75) is 0 Å². The Hall–Kier alpha value is -3.81. The number of hydrogen-bond donors (Lipinski definition) is 2. The van der Waals surface area contributed by atoms with Crippen LogP contribution in [0.2, 0.25) is 0 Å². The van der Waals surface area contributed by atoms with Crippen molar-refractivity contribution >= 4 is 23.0 Å². The molecular formula is C20H19FN6O. The van der Waals surface area contributed by atoms with E-state index in [9.17, 15) is 9.18 Å². The molecular weight excluding hydrogens is 359 g/mol. The fourth-order valence-corrected chi connectivity index (χ4v) is 2.55. The first-order valence-corrected chi connectivity index (χ1v) is 8.48. The third-order valence-corrected chi connectivity index (χ3v) is 4.03. The van der Waals surface area contributed by atoms with Gasteiger partial charge in [-0.1, -0.05) is 30.3 Å². The van der Waals surface area contributed by atoms with Crippen molar-refractivity contribution in [2.24, 2.45) is 17.3 Å². The molecule has 0 saturated heterocycles. The fraction of sp³-hybridized carbons (Fsp3) is 0.100. The van der Waals surface area contributed by atoms with E-state index in [1.165, 1.54) is 16.7 Å². The largest absolute Gasteiger partial charge is 0.382 e. The molecule has 3 rings (SSSR count). The van der Waals surface area contributed by atoms with E-state index >= 15 is 0 Å². The van der Waals surface area contributed by atoms with Gasteiger partial charge in [0, 0.05) is 13.6 Å². The van der Waals surface area contributed by atoms with Gasteiger partial charge in [0.15, 0.2) is 11.5 Å². The van der Waals surface area contributed by atoms with Crippen LogP contribution in [0.4, 0.5) is 27.4 Å². The number of anilines is 2. The zero-order valence-corrected chi connectivity index (χ0v) is 15.3. The molecule has 0 aliphatic rings. The summed E-state index contributed by atoms with van der Waals surface area (Å²) in [5.41, 5.74) is 8.05. The van der Waals surface area contributed by atoms with Crippen LogP contribution in [0.1, 0.15) is 0 Å². The van der Waals surface area contributed by atoms with Crippen LogP contribution in [-0.4, -0.2) is 16.1 Å². The summed E-state index contributed by atoms with van der Waals surface area (Å²) in [6, 6.07) is 13.5. The van der Waals surface area contributed by atoms with E-state index in [1.807, 2.05) is 12.1 Å². The average molecular weight is 378 g/mol. The molecule has 1 heterocycles. The summed E-state index contributed by atoms with van der Waals surface area (Å²) in [7, 11) is 1.57. The highest BCUT2D eigenvalue weighted by molar-refractivity contribution is 5.72. The molecule has 28 heavy (non-hydrogen) atoms. The molecule has 0 atom stereocenters. The fourth-order valence-electron chi connectivity index (χ4n) is 2.55. The second kappa shape index (κ2) is 8.26.